The molecule has 2 aliphatic heterocycles. The maximum absolute atomic E-state index is 12.5. The highest BCUT2D eigenvalue weighted by molar-refractivity contribution is 5.81. The van der Waals surface area contributed by atoms with Crippen LogP contribution in [-0.4, -0.2) is 54.5 Å². The first kappa shape index (κ1) is 16.8. The van der Waals surface area contributed by atoms with E-state index in [1.165, 1.54) is 5.56 Å². The number of carbonyl (C=O) groups excluding carboxylic acids is 2. The van der Waals surface area contributed by atoms with Crippen molar-refractivity contribution >= 4 is 11.9 Å². The van der Waals surface area contributed by atoms with Gasteiger partial charge >= 0.3 is 6.03 Å². The summed E-state index contributed by atoms with van der Waals surface area (Å²) in [5.41, 5.74) is 1.23. The monoisotopic (exact) mass is 329 g/mol. The van der Waals surface area contributed by atoms with E-state index in [2.05, 4.69) is 17.4 Å². The largest absolute Gasteiger partial charge is 0.355 e. The van der Waals surface area contributed by atoms with Crippen LogP contribution in [0.3, 0.4) is 0 Å². The molecule has 0 radical (unpaired) electrons. The lowest BCUT2D eigenvalue weighted by Crippen LogP contribution is -2.49. The van der Waals surface area contributed by atoms with Gasteiger partial charge in [-0.05, 0) is 37.7 Å². The van der Waals surface area contributed by atoms with Gasteiger partial charge in [-0.1, -0.05) is 30.3 Å². The molecule has 2 aliphatic rings. The van der Waals surface area contributed by atoms with Crippen LogP contribution in [0.1, 0.15) is 31.2 Å². The lowest BCUT2D eigenvalue weighted by atomic mass is 9.97. The summed E-state index contributed by atoms with van der Waals surface area (Å²) in [6.07, 6.45) is 4.83. The van der Waals surface area contributed by atoms with E-state index in [0.29, 0.717) is 13.1 Å². The number of likely N-dealkylation sites (tertiary alicyclic amines) is 2. The van der Waals surface area contributed by atoms with Gasteiger partial charge in [-0.25, -0.2) is 4.79 Å². The van der Waals surface area contributed by atoms with E-state index in [1.54, 1.807) is 0 Å². The Kier molecular flexibility index (Phi) is 5.72. The third-order valence-corrected chi connectivity index (χ3v) is 5.00. The molecule has 0 spiro atoms. The van der Waals surface area contributed by atoms with Crippen LogP contribution < -0.4 is 5.32 Å². The standard InChI is InChI=1S/C19H27N3O2/c23-18(20-11-10-16-7-2-1-3-8-16)17-9-6-14-22(15-17)19(24)21-12-4-5-13-21/h1-3,7-8,17H,4-6,9-15H2,(H,20,23)/t17-/m0/s1. The Hall–Kier alpha value is -2.04. The first-order valence-electron chi connectivity index (χ1n) is 9.09. The van der Waals surface area contributed by atoms with Crippen LogP contribution in [0.5, 0.6) is 0 Å². The van der Waals surface area contributed by atoms with Crippen molar-refractivity contribution in [2.24, 2.45) is 5.92 Å². The number of urea groups is 1. The molecular weight excluding hydrogens is 302 g/mol. The maximum Gasteiger partial charge on any atom is 0.320 e. The lowest BCUT2D eigenvalue weighted by Gasteiger charge is -2.34. The van der Waals surface area contributed by atoms with E-state index in [-0.39, 0.29) is 17.9 Å². The number of amides is 3. The third kappa shape index (κ3) is 4.28. The average molecular weight is 329 g/mol. The zero-order chi connectivity index (χ0) is 16.8. The summed E-state index contributed by atoms with van der Waals surface area (Å²) in [5.74, 6) is 0.0194. The topological polar surface area (TPSA) is 52.7 Å². The molecule has 5 heteroatoms. The summed E-state index contributed by atoms with van der Waals surface area (Å²) in [6, 6.07) is 10.3. The highest BCUT2D eigenvalue weighted by Gasteiger charge is 2.31. The van der Waals surface area contributed by atoms with Crippen LogP contribution in [0.2, 0.25) is 0 Å². The number of nitrogens with zero attached hydrogens (tertiary/aromatic N) is 2. The third-order valence-electron chi connectivity index (χ3n) is 5.00. The Labute approximate surface area is 144 Å². The number of hydrogen-bond acceptors (Lipinski definition) is 2. The SMILES string of the molecule is O=C(NCCc1ccccc1)[C@H]1CCCN(C(=O)N2CCCC2)C1. The van der Waals surface area contributed by atoms with Crippen LogP contribution in [-0.2, 0) is 11.2 Å². The fourth-order valence-electron chi connectivity index (χ4n) is 3.59. The minimum absolute atomic E-state index is 0.0684. The number of nitrogens with one attached hydrogen (secondary N) is 1. The van der Waals surface area contributed by atoms with Gasteiger partial charge in [0.1, 0.15) is 0 Å². The molecule has 2 heterocycles. The van der Waals surface area contributed by atoms with E-state index in [1.807, 2.05) is 28.0 Å². The quantitative estimate of drug-likeness (QED) is 0.921. The summed E-state index contributed by atoms with van der Waals surface area (Å²) in [6.45, 7) is 3.72. The van der Waals surface area contributed by atoms with Crippen molar-refractivity contribution < 1.29 is 9.59 Å². The molecule has 0 unspecified atom stereocenters. The molecule has 0 bridgehead atoms. The molecule has 2 saturated heterocycles. The molecule has 0 aromatic heterocycles. The van der Waals surface area contributed by atoms with Crippen LogP contribution in [0.15, 0.2) is 30.3 Å². The predicted molar refractivity (Wildman–Crippen MR) is 93.7 cm³/mol. The van der Waals surface area contributed by atoms with Crippen LogP contribution in [0, 0.1) is 5.92 Å². The van der Waals surface area contributed by atoms with Gasteiger partial charge in [-0.3, -0.25) is 4.79 Å². The van der Waals surface area contributed by atoms with Crippen molar-refractivity contribution in [3.8, 4) is 0 Å². The number of rotatable bonds is 4. The molecule has 3 rings (SSSR count). The van der Waals surface area contributed by atoms with Crippen LogP contribution in [0.4, 0.5) is 4.79 Å². The van der Waals surface area contributed by atoms with E-state index in [4.69, 9.17) is 0 Å². The van der Waals surface area contributed by atoms with E-state index in [0.717, 1.165) is 51.7 Å². The van der Waals surface area contributed by atoms with Crippen LogP contribution >= 0.6 is 0 Å². The highest BCUT2D eigenvalue weighted by atomic mass is 16.2. The molecule has 1 aromatic rings. The van der Waals surface area contributed by atoms with Gasteiger partial charge in [-0.15, -0.1) is 0 Å². The summed E-state index contributed by atoms with van der Waals surface area (Å²) in [4.78, 5) is 28.7. The second-order valence-electron chi connectivity index (χ2n) is 6.79. The molecular formula is C19H27N3O2. The zero-order valence-corrected chi connectivity index (χ0v) is 14.2. The van der Waals surface area contributed by atoms with Crippen molar-refractivity contribution in [2.75, 3.05) is 32.7 Å². The average Bonchev–Trinajstić information content (AvgIpc) is 3.16. The number of carbonyl (C=O) groups is 2. The minimum Gasteiger partial charge on any atom is -0.355 e. The molecule has 0 aliphatic carbocycles. The number of piperidine rings is 1. The first-order valence-corrected chi connectivity index (χ1v) is 9.09. The minimum atomic E-state index is -0.0684. The van der Waals surface area contributed by atoms with Crippen molar-refractivity contribution in [3.63, 3.8) is 0 Å². The Morgan fingerprint density at radius 2 is 1.71 bits per heavy atom. The molecule has 3 amide bonds. The fourth-order valence-corrected chi connectivity index (χ4v) is 3.59. The van der Waals surface area contributed by atoms with Crippen molar-refractivity contribution in [1.29, 1.82) is 0 Å². The Morgan fingerprint density at radius 1 is 1.00 bits per heavy atom. The Morgan fingerprint density at radius 3 is 2.46 bits per heavy atom. The molecule has 130 valence electrons. The summed E-state index contributed by atoms with van der Waals surface area (Å²) < 4.78 is 0. The predicted octanol–water partition coefficient (Wildman–Crippen LogP) is 2.27. The van der Waals surface area contributed by atoms with E-state index in [9.17, 15) is 9.59 Å². The molecule has 1 aromatic carbocycles. The van der Waals surface area contributed by atoms with Crippen molar-refractivity contribution in [2.45, 2.75) is 32.1 Å². The fraction of sp³-hybridized carbons (Fsp3) is 0.579. The zero-order valence-electron chi connectivity index (χ0n) is 14.2. The van der Waals surface area contributed by atoms with Crippen LogP contribution in [0.25, 0.3) is 0 Å². The van der Waals surface area contributed by atoms with Gasteiger partial charge in [0.25, 0.3) is 0 Å². The molecule has 1 atom stereocenters. The smallest absolute Gasteiger partial charge is 0.320 e. The van der Waals surface area contributed by atoms with E-state index >= 15 is 0 Å². The van der Waals surface area contributed by atoms with Gasteiger partial charge in [0.15, 0.2) is 0 Å². The molecule has 1 N–H and O–H groups in total. The summed E-state index contributed by atoms with van der Waals surface area (Å²) in [5, 5.41) is 3.04. The molecule has 2 fully saturated rings. The normalized spacial score (nSPS) is 20.9. The maximum atomic E-state index is 12.5. The molecule has 24 heavy (non-hydrogen) atoms. The lowest BCUT2D eigenvalue weighted by molar-refractivity contribution is -0.126. The Bertz CT molecular complexity index is 555. The first-order chi connectivity index (χ1) is 11.7. The van der Waals surface area contributed by atoms with E-state index < -0.39 is 0 Å². The molecule has 5 nitrogen and oxygen atoms in total. The van der Waals surface area contributed by atoms with Crippen molar-refractivity contribution in [1.82, 2.24) is 15.1 Å². The summed E-state index contributed by atoms with van der Waals surface area (Å²) >= 11 is 0. The van der Waals surface area contributed by atoms with Gasteiger partial charge in [0, 0.05) is 32.7 Å². The number of hydrogen-bond donors (Lipinski definition) is 1. The Balaban J connectivity index is 1.45. The summed E-state index contributed by atoms with van der Waals surface area (Å²) in [7, 11) is 0. The van der Waals surface area contributed by atoms with Crippen molar-refractivity contribution in [3.05, 3.63) is 35.9 Å². The van der Waals surface area contributed by atoms with Gasteiger partial charge in [0.2, 0.25) is 5.91 Å². The highest BCUT2D eigenvalue weighted by Crippen LogP contribution is 2.20. The van der Waals surface area contributed by atoms with Gasteiger partial charge in [-0.2, -0.15) is 0 Å². The number of benzene rings is 1. The molecule has 0 saturated carbocycles. The van der Waals surface area contributed by atoms with Gasteiger partial charge < -0.3 is 15.1 Å². The van der Waals surface area contributed by atoms with Gasteiger partial charge in [0.05, 0.1) is 5.92 Å². The second-order valence-corrected chi connectivity index (χ2v) is 6.79. The second kappa shape index (κ2) is 8.18.